The molecule has 0 fully saturated rings. The van der Waals surface area contributed by atoms with Gasteiger partial charge < -0.3 is 16.0 Å². The van der Waals surface area contributed by atoms with E-state index >= 15 is 0 Å². The molecule has 0 saturated heterocycles. The number of nitrogens with one attached hydrogen (secondary N) is 3. The summed E-state index contributed by atoms with van der Waals surface area (Å²) in [6, 6.07) is 20.7. The second kappa shape index (κ2) is 9.38. The highest BCUT2D eigenvalue weighted by Crippen LogP contribution is 2.19. The predicted molar refractivity (Wildman–Crippen MR) is 125 cm³/mol. The average molecular weight is 448 g/mol. The Bertz CT molecular complexity index is 1200. The Morgan fingerprint density at radius 2 is 1.06 bits per heavy atom. The molecule has 0 spiro atoms. The Morgan fingerprint density at radius 1 is 0.548 bits per heavy atom. The smallest absolute Gasteiger partial charge is 0.265 e. The van der Waals surface area contributed by atoms with Crippen molar-refractivity contribution in [1.82, 2.24) is 0 Å². The number of amides is 3. The summed E-state index contributed by atoms with van der Waals surface area (Å²) in [6.07, 6.45) is 0. The van der Waals surface area contributed by atoms with Crippen LogP contribution in [0, 0.1) is 0 Å². The molecule has 2 aromatic heterocycles. The number of rotatable bonds is 6. The SMILES string of the molecule is O=C(Nc1cccc(NC(=O)c2cccs2)c1)c1ccc(NC(=O)c2cccs2)cc1. The van der Waals surface area contributed by atoms with E-state index in [1.807, 2.05) is 22.9 Å². The Hall–Kier alpha value is -3.75. The second-order valence-corrected chi connectivity index (χ2v) is 8.37. The van der Waals surface area contributed by atoms with Crippen molar-refractivity contribution in [2.24, 2.45) is 0 Å². The standard InChI is InChI=1S/C23H17N3O3S2/c27-21(15-8-10-16(11-9-15)24-22(28)19-6-2-12-30-19)25-17-4-1-5-18(14-17)26-23(29)20-7-3-13-31-20/h1-14H,(H,24,28)(H,25,27)(H,26,29). The Kier molecular flexibility index (Phi) is 6.21. The van der Waals surface area contributed by atoms with Gasteiger partial charge in [-0.1, -0.05) is 18.2 Å². The molecule has 4 rings (SSSR count). The first-order valence-electron chi connectivity index (χ1n) is 9.30. The first-order chi connectivity index (χ1) is 15.1. The number of benzene rings is 2. The molecule has 0 aliphatic rings. The van der Waals surface area contributed by atoms with Crippen LogP contribution in [0.4, 0.5) is 17.1 Å². The van der Waals surface area contributed by atoms with Gasteiger partial charge in [0.1, 0.15) is 0 Å². The third-order valence-electron chi connectivity index (χ3n) is 4.27. The van der Waals surface area contributed by atoms with Gasteiger partial charge in [-0.2, -0.15) is 0 Å². The number of carbonyl (C=O) groups excluding carboxylic acids is 3. The molecule has 3 amide bonds. The van der Waals surface area contributed by atoms with E-state index in [2.05, 4.69) is 16.0 Å². The van der Waals surface area contributed by atoms with Gasteiger partial charge in [0.05, 0.1) is 9.75 Å². The minimum Gasteiger partial charge on any atom is -0.322 e. The average Bonchev–Trinajstić information content (AvgIpc) is 3.49. The molecule has 154 valence electrons. The summed E-state index contributed by atoms with van der Waals surface area (Å²) >= 11 is 2.72. The van der Waals surface area contributed by atoms with Gasteiger partial charge in [0, 0.05) is 22.6 Å². The van der Waals surface area contributed by atoms with Crippen LogP contribution in [0.1, 0.15) is 29.7 Å². The molecule has 2 heterocycles. The van der Waals surface area contributed by atoms with E-state index in [9.17, 15) is 14.4 Å². The fourth-order valence-electron chi connectivity index (χ4n) is 2.78. The topological polar surface area (TPSA) is 87.3 Å². The maximum Gasteiger partial charge on any atom is 0.265 e. The summed E-state index contributed by atoms with van der Waals surface area (Å²) in [6.45, 7) is 0. The summed E-state index contributed by atoms with van der Waals surface area (Å²) < 4.78 is 0. The lowest BCUT2D eigenvalue weighted by molar-refractivity contribution is 0.102. The highest BCUT2D eigenvalue weighted by molar-refractivity contribution is 7.12. The molecule has 4 aromatic rings. The molecule has 3 N–H and O–H groups in total. The van der Waals surface area contributed by atoms with Gasteiger partial charge in [-0.25, -0.2) is 0 Å². The lowest BCUT2D eigenvalue weighted by Gasteiger charge is -2.09. The molecule has 8 heteroatoms. The zero-order valence-electron chi connectivity index (χ0n) is 16.1. The maximum atomic E-state index is 12.6. The summed E-state index contributed by atoms with van der Waals surface area (Å²) in [5.41, 5.74) is 2.20. The normalized spacial score (nSPS) is 10.3. The summed E-state index contributed by atoms with van der Waals surface area (Å²) in [5, 5.41) is 12.1. The van der Waals surface area contributed by atoms with E-state index in [1.54, 1.807) is 60.7 Å². The van der Waals surface area contributed by atoms with E-state index in [4.69, 9.17) is 0 Å². The predicted octanol–water partition coefficient (Wildman–Crippen LogP) is 5.57. The Labute approximate surface area is 186 Å². The van der Waals surface area contributed by atoms with Crippen molar-refractivity contribution in [1.29, 1.82) is 0 Å². The molecule has 0 unspecified atom stereocenters. The zero-order chi connectivity index (χ0) is 21.6. The van der Waals surface area contributed by atoms with Gasteiger partial charge in [0.2, 0.25) is 0 Å². The van der Waals surface area contributed by atoms with Crippen LogP contribution >= 0.6 is 22.7 Å². The van der Waals surface area contributed by atoms with Crippen molar-refractivity contribution >= 4 is 57.5 Å². The number of anilines is 3. The fourth-order valence-corrected chi connectivity index (χ4v) is 4.02. The minimum absolute atomic E-state index is 0.186. The molecular weight excluding hydrogens is 430 g/mol. The molecule has 6 nitrogen and oxygen atoms in total. The lowest BCUT2D eigenvalue weighted by atomic mass is 10.2. The van der Waals surface area contributed by atoms with Gasteiger partial charge in [-0.15, -0.1) is 22.7 Å². The molecule has 0 aliphatic heterocycles. The highest BCUT2D eigenvalue weighted by Gasteiger charge is 2.11. The molecular formula is C23H17N3O3S2. The summed E-state index contributed by atoms with van der Waals surface area (Å²) in [4.78, 5) is 38.1. The van der Waals surface area contributed by atoms with Crippen LogP contribution < -0.4 is 16.0 Å². The van der Waals surface area contributed by atoms with E-state index in [0.717, 1.165) is 0 Å². The Morgan fingerprint density at radius 3 is 1.58 bits per heavy atom. The summed E-state index contributed by atoms with van der Waals surface area (Å²) in [7, 11) is 0. The third-order valence-corrected chi connectivity index (χ3v) is 6.01. The first-order valence-corrected chi connectivity index (χ1v) is 11.1. The van der Waals surface area contributed by atoms with Crippen LogP contribution in [0.3, 0.4) is 0 Å². The molecule has 2 aromatic carbocycles. The van der Waals surface area contributed by atoms with Crippen LogP contribution in [0.2, 0.25) is 0 Å². The van der Waals surface area contributed by atoms with Crippen LogP contribution in [0.15, 0.2) is 83.6 Å². The molecule has 0 aliphatic carbocycles. The largest absolute Gasteiger partial charge is 0.322 e. The van der Waals surface area contributed by atoms with E-state index in [0.29, 0.717) is 32.4 Å². The zero-order valence-corrected chi connectivity index (χ0v) is 17.8. The number of hydrogen-bond acceptors (Lipinski definition) is 5. The van der Waals surface area contributed by atoms with Crippen LogP contribution in [0.25, 0.3) is 0 Å². The maximum absolute atomic E-state index is 12.6. The first kappa shape index (κ1) is 20.5. The van der Waals surface area contributed by atoms with Gasteiger partial charge in [-0.3, -0.25) is 14.4 Å². The number of carbonyl (C=O) groups is 3. The van der Waals surface area contributed by atoms with Crippen LogP contribution in [-0.4, -0.2) is 17.7 Å². The molecule has 0 bridgehead atoms. The van der Waals surface area contributed by atoms with Crippen LogP contribution in [0.5, 0.6) is 0 Å². The molecule has 0 radical (unpaired) electrons. The third kappa shape index (κ3) is 5.25. The van der Waals surface area contributed by atoms with Gasteiger partial charge in [0.15, 0.2) is 0 Å². The van der Waals surface area contributed by atoms with E-state index in [1.165, 1.54) is 22.7 Å². The van der Waals surface area contributed by atoms with E-state index in [-0.39, 0.29) is 17.7 Å². The molecule has 0 saturated carbocycles. The van der Waals surface area contributed by atoms with Gasteiger partial charge >= 0.3 is 0 Å². The minimum atomic E-state index is -0.294. The molecule has 0 atom stereocenters. The van der Waals surface area contributed by atoms with Crippen molar-refractivity contribution in [2.75, 3.05) is 16.0 Å². The van der Waals surface area contributed by atoms with Gasteiger partial charge in [-0.05, 0) is 65.4 Å². The highest BCUT2D eigenvalue weighted by atomic mass is 32.1. The molecule has 31 heavy (non-hydrogen) atoms. The van der Waals surface area contributed by atoms with Crippen molar-refractivity contribution in [3.05, 3.63) is 98.9 Å². The number of thiophene rings is 2. The van der Waals surface area contributed by atoms with Crippen molar-refractivity contribution < 1.29 is 14.4 Å². The lowest BCUT2D eigenvalue weighted by Crippen LogP contribution is -2.14. The number of hydrogen-bond donors (Lipinski definition) is 3. The summed E-state index contributed by atoms with van der Waals surface area (Å²) in [5.74, 6) is -0.676. The Balaban J connectivity index is 1.38. The monoisotopic (exact) mass is 447 g/mol. The van der Waals surface area contributed by atoms with Crippen molar-refractivity contribution in [3.63, 3.8) is 0 Å². The second-order valence-electron chi connectivity index (χ2n) is 6.48. The van der Waals surface area contributed by atoms with E-state index < -0.39 is 0 Å². The van der Waals surface area contributed by atoms with Crippen molar-refractivity contribution in [2.45, 2.75) is 0 Å². The quantitative estimate of drug-likeness (QED) is 0.361. The van der Waals surface area contributed by atoms with Gasteiger partial charge in [0.25, 0.3) is 17.7 Å². The fraction of sp³-hybridized carbons (Fsp3) is 0. The van der Waals surface area contributed by atoms with Crippen LogP contribution in [-0.2, 0) is 0 Å². The van der Waals surface area contributed by atoms with Crippen molar-refractivity contribution in [3.8, 4) is 0 Å².